The molecule has 0 radical (unpaired) electrons. The number of aromatic nitrogens is 3. The van der Waals surface area contributed by atoms with E-state index >= 15 is 0 Å². The predicted octanol–water partition coefficient (Wildman–Crippen LogP) is 19.6. The lowest BCUT2D eigenvalue weighted by Crippen LogP contribution is -2.11. The highest BCUT2D eigenvalue weighted by atomic mass is 19.4. The van der Waals surface area contributed by atoms with Gasteiger partial charge in [0, 0.05) is 32.7 Å². The Kier molecular flexibility index (Phi) is 12.0. The average molecular weight is 1090 g/mol. The predicted molar refractivity (Wildman–Crippen MR) is 285 cm³/mol. The summed E-state index contributed by atoms with van der Waals surface area (Å²) >= 11 is 0. The first-order valence-electron chi connectivity index (χ1n) is 24.5. The highest BCUT2D eigenvalue weighted by Gasteiger charge is 2.39. The molecule has 80 heavy (non-hydrogen) atoms. The molecule has 4 nitrogen and oxygen atoms in total. The molecule has 0 bridgehead atoms. The molecule has 12 aromatic rings. The largest absolute Gasteiger partial charge is 0.416 e. The van der Waals surface area contributed by atoms with Gasteiger partial charge in [-0.1, -0.05) is 109 Å². The van der Waals surface area contributed by atoms with Crippen LogP contribution in [0.3, 0.4) is 0 Å². The third-order valence-corrected chi connectivity index (χ3v) is 14.2. The molecule has 0 fully saturated rings. The summed E-state index contributed by atoms with van der Waals surface area (Å²) < 4.78 is 174. The summed E-state index contributed by atoms with van der Waals surface area (Å²) in [6.07, 6.45) is -20.4. The van der Waals surface area contributed by atoms with Crippen molar-refractivity contribution in [1.29, 1.82) is 5.26 Å². The Bertz CT molecular complexity index is 4150. The van der Waals surface area contributed by atoms with Gasteiger partial charge in [0.1, 0.15) is 11.6 Å². The monoisotopic (exact) mass is 1090 g/mol. The molecule has 0 amide bonds. The number of fused-ring (bicyclic) bond motifs is 6. The van der Waals surface area contributed by atoms with E-state index in [2.05, 4.69) is 6.07 Å². The molecule has 0 spiro atoms. The van der Waals surface area contributed by atoms with Crippen molar-refractivity contribution in [1.82, 2.24) is 14.1 Å². The number of para-hydroxylation sites is 2. The lowest BCUT2D eigenvalue weighted by Gasteiger charge is -2.19. The van der Waals surface area contributed by atoms with Crippen LogP contribution in [0.1, 0.15) is 27.8 Å². The van der Waals surface area contributed by atoms with Gasteiger partial charge in [-0.15, -0.1) is 0 Å². The van der Waals surface area contributed by atoms with E-state index in [9.17, 15) is 57.9 Å². The van der Waals surface area contributed by atoms with Gasteiger partial charge in [-0.2, -0.15) is 57.9 Å². The number of benzene rings is 9. The van der Waals surface area contributed by atoms with Crippen LogP contribution in [-0.2, 0) is 24.7 Å². The Hall–Kier alpha value is -9.62. The molecule has 0 aliphatic rings. The number of pyridine rings is 1. The minimum atomic E-state index is -5.10. The zero-order valence-corrected chi connectivity index (χ0v) is 41.0. The van der Waals surface area contributed by atoms with E-state index in [0.717, 1.165) is 11.1 Å². The Morgan fingerprint density at radius 1 is 0.300 bits per heavy atom. The third kappa shape index (κ3) is 9.13. The van der Waals surface area contributed by atoms with E-state index in [0.29, 0.717) is 102 Å². The quantitative estimate of drug-likeness (QED) is 0.149. The summed E-state index contributed by atoms with van der Waals surface area (Å²) in [7, 11) is 0. The van der Waals surface area contributed by atoms with Gasteiger partial charge in [0.2, 0.25) is 0 Å². The Morgan fingerprint density at radius 3 is 0.988 bits per heavy atom. The van der Waals surface area contributed by atoms with E-state index < -0.39 is 47.0 Å². The Balaban J connectivity index is 1.16. The van der Waals surface area contributed by atoms with Gasteiger partial charge in [-0.3, -0.25) is 0 Å². The molecular formula is C64H34F12N4. The maximum Gasteiger partial charge on any atom is 0.416 e. The molecule has 3 heterocycles. The number of nitrogens with zero attached hydrogens (tertiary/aromatic N) is 4. The second-order valence-corrected chi connectivity index (χ2v) is 19.1. The summed E-state index contributed by atoms with van der Waals surface area (Å²) in [6.45, 7) is 0. The number of alkyl halides is 12. The van der Waals surface area contributed by atoms with Gasteiger partial charge in [0.25, 0.3) is 0 Å². The van der Waals surface area contributed by atoms with Crippen LogP contribution in [0.5, 0.6) is 0 Å². The Morgan fingerprint density at radius 2 is 0.625 bits per heavy atom. The lowest BCUT2D eigenvalue weighted by atomic mass is 9.96. The minimum absolute atomic E-state index is 0.0510. The van der Waals surface area contributed by atoms with E-state index in [1.807, 2.05) is 72.8 Å². The van der Waals surface area contributed by atoms with Gasteiger partial charge < -0.3 is 9.13 Å². The molecule has 0 unspecified atom stereocenters. The van der Waals surface area contributed by atoms with Crippen molar-refractivity contribution in [3.05, 3.63) is 234 Å². The van der Waals surface area contributed by atoms with Crippen molar-refractivity contribution in [2.75, 3.05) is 0 Å². The SMILES string of the molecule is N#Cc1c(-n2c3ccccc3c3cc(-c4cc(C(F)(F)F)cc(C(F)(F)F)c4)ccc32)cc(-c2cc(-c3ccccc3)nc(-c3ccccc3)c2)cc1-n1c2ccccc2c2cc(-c3cc(C(F)(F)F)cc(C(F)(F)F)c3)ccc21. The van der Waals surface area contributed by atoms with Crippen LogP contribution in [0.4, 0.5) is 52.7 Å². The first kappa shape index (κ1) is 51.2. The highest BCUT2D eigenvalue weighted by molar-refractivity contribution is 6.12. The first-order chi connectivity index (χ1) is 38.1. The van der Waals surface area contributed by atoms with Gasteiger partial charge in [-0.05, 0) is 130 Å². The van der Waals surface area contributed by atoms with Crippen LogP contribution in [0.15, 0.2) is 206 Å². The molecule has 16 heteroatoms. The molecule has 0 N–H and O–H groups in total. The zero-order valence-electron chi connectivity index (χ0n) is 41.0. The molecule has 0 saturated heterocycles. The zero-order chi connectivity index (χ0) is 56.0. The van der Waals surface area contributed by atoms with Crippen LogP contribution >= 0.6 is 0 Å². The molecule has 0 atom stereocenters. The maximum atomic E-state index is 14.2. The van der Waals surface area contributed by atoms with Gasteiger partial charge in [0.05, 0.1) is 67.1 Å². The second-order valence-electron chi connectivity index (χ2n) is 19.1. The second kappa shape index (κ2) is 18.8. The fourth-order valence-corrected chi connectivity index (χ4v) is 10.5. The fraction of sp³-hybridized carbons (Fsp3) is 0.0625. The molecule has 0 aliphatic heterocycles. The fourth-order valence-electron chi connectivity index (χ4n) is 10.5. The van der Waals surface area contributed by atoms with Crippen LogP contribution in [-0.4, -0.2) is 14.1 Å². The average Bonchev–Trinajstić information content (AvgIpc) is 4.17. The maximum absolute atomic E-state index is 14.2. The number of rotatable bonds is 7. The van der Waals surface area contributed by atoms with Crippen molar-refractivity contribution in [3.63, 3.8) is 0 Å². The summed E-state index contributed by atoms with van der Waals surface area (Å²) in [6, 6.07) is 54.4. The number of halogens is 12. The van der Waals surface area contributed by atoms with Gasteiger partial charge in [0.15, 0.2) is 0 Å². The van der Waals surface area contributed by atoms with Crippen molar-refractivity contribution in [2.24, 2.45) is 0 Å². The molecular weight excluding hydrogens is 1050 g/mol. The number of nitriles is 1. The summed E-state index contributed by atoms with van der Waals surface area (Å²) in [4.78, 5) is 5.07. The normalized spacial score (nSPS) is 12.5. The minimum Gasteiger partial charge on any atom is -0.308 e. The molecule has 12 rings (SSSR count). The van der Waals surface area contributed by atoms with Crippen molar-refractivity contribution >= 4 is 43.6 Å². The molecule has 0 saturated carbocycles. The van der Waals surface area contributed by atoms with Crippen LogP contribution in [0.25, 0.3) is 111 Å². The van der Waals surface area contributed by atoms with Crippen LogP contribution in [0, 0.1) is 11.3 Å². The standard InChI is InChI=1S/C64H34F12N4/c65-61(66,67)44-23-40(24-45(33-44)62(68,69)70)38-19-21-57-50(27-38)48-15-7-9-17-55(48)79(57)59-31-43(42-29-53(36-11-3-1-4-12-36)78-54(30-42)37-13-5-2-6-14-37)32-60(52(59)35-77)80-56-18-10-8-16-49(56)51-28-39(20-22-58(51)80)41-25-46(63(71,72)73)34-47(26-41)64(74,75)76/h1-34H. The molecule has 394 valence electrons. The van der Waals surface area contributed by atoms with Crippen molar-refractivity contribution in [3.8, 4) is 73.3 Å². The third-order valence-electron chi connectivity index (χ3n) is 14.2. The molecule has 0 aliphatic carbocycles. The van der Waals surface area contributed by atoms with E-state index in [1.165, 1.54) is 24.3 Å². The summed E-state index contributed by atoms with van der Waals surface area (Å²) in [5.41, 5.74) is -0.0506. The number of hydrogen-bond acceptors (Lipinski definition) is 2. The summed E-state index contributed by atoms with van der Waals surface area (Å²) in [5.74, 6) is 0. The van der Waals surface area contributed by atoms with E-state index in [4.69, 9.17) is 4.98 Å². The smallest absolute Gasteiger partial charge is 0.308 e. The van der Waals surface area contributed by atoms with E-state index in [1.54, 1.807) is 81.9 Å². The summed E-state index contributed by atoms with van der Waals surface area (Å²) in [5, 5.41) is 13.6. The Labute approximate surface area is 446 Å². The first-order valence-corrected chi connectivity index (χ1v) is 24.5. The van der Waals surface area contributed by atoms with Gasteiger partial charge in [-0.25, -0.2) is 4.98 Å². The highest BCUT2D eigenvalue weighted by Crippen LogP contribution is 2.46. The molecule has 3 aromatic heterocycles. The van der Waals surface area contributed by atoms with E-state index in [-0.39, 0.29) is 39.9 Å². The lowest BCUT2D eigenvalue weighted by molar-refractivity contribution is -0.144. The van der Waals surface area contributed by atoms with Crippen molar-refractivity contribution < 1.29 is 52.7 Å². The number of hydrogen-bond donors (Lipinski definition) is 0. The topological polar surface area (TPSA) is 46.5 Å². The van der Waals surface area contributed by atoms with Crippen LogP contribution in [0.2, 0.25) is 0 Å². The van der Waals surface area contributed by atoms with Crippen molar-refractivity contribution in [2.45, 2.75) is 24.7 Å². The van der Waals surface area contributed by atoms with Gasteiger partial charge >= 0.3 is 24.7 Å². The molecule has 9 aromatic carbocycles. The van der Waals surface area contributed by atoms with Crippen LogP contribution < -0.4 is 0 Å².